The van der Waals surface area contributed by atoms with Gasteiger partial charge in [0.1, 0.15) is 0 Å². The molecule has 0 aliphatic heterocycles. The van der Waals surface area contributed by atoms with Crippen LogP contribution in [0.5, 0.6) is 0 Å². The normalized spacial score (nSPS) is 26.4. The van der Waals surface area contributed by atoms with Gasteiger partial charge >= 0.3 is 0 Å². The Bertz CT molecular complexity index is 294. The Morgan fingerprint density at radius 3 is 2.50 bits per heavy atom. The molecule has 1 nitrogen and oxygen atoms in total. The molecule has 1 aliphatic carbocycles. The van der Waals surface area contributed by atoms with Gasteiger partial charge in [-0.25, -0.2) is 0 Å². The van der Waals surface area contributed by atoms with Crippen LogP contribution in [0.3, 0.4) is 0 Å². The molecular formula is C12H16IN. The summed E-state index contributed by atoms with van der Waals surface area (Å²) in [6.45, 7) is 2.34. The third-order valence-corrected chi connectivity index (χ3v) is 3.63. The van der Waals surface area contributed by atoms with Crippen LogP contribution in [0, 0.1) is 9.49 Å². The molecule has 0 radical (unpaired) electrons. The molecule has 0 heterocycles. The summed E-state index contributed by atoms with van der Waals surface area (Å²) in [5.41, 5.74) is 1.27. The Morgan fingerprint density at radius 1 is 1.21 bits per heavy atom. The number of hydrogen-bond acceptors (Lipinski definition) is 1. The van der Waals surface area contributed by atoms with E-state index in [-0.39, 0.29) is 0 Å². The highest BCUT2D eigenvalue weighted by Gasteiger charge is 2.20. The van der Waals surface area contributed by atoms with Gasteiger partial charge in [0.25, 0.3) is 0 Å². The van der Waals surface area contributed by atoms with Gasteiger partial charge in [-0.1, -0.05) is 6.92 Å². The zero-order valence-electron chi connectivity index (χ0n) is 8.46. The number of nitrogens with one attached hydrogen (secondary N) is 1. The molecule has 14 heavy (non-hydrogen) atoms. The van der Waals surface area contributed by atoms with E-state index in [1.54, 1.807) is 0 Å². The molecule has 1 fully saturated rings. The summed E-state index contributed by atoms with van der Waals surface area (Å²) in [5.74, 6) is 0.899. The van der Waals surface area contributed by atoms with Crippen molar-refractivity contribution in [2.45, 2.75) is 32.2 Å². The minimum atomic E-state index is 0.699. The maximum Gasteiger partial charge on any atom is 0.0343 e. The van der Waals surface area contributed by atoms with E-state index in [1.807, 2.05) is 0 Å². The SMILES string of the molecule is CC1CCC(Nc2ccc(I)cc2)C1. The quantitative estimate of drug-likeness (QED) is 0.817. The standard InChI is InChI=1S/C12H16IN/c1-9-2-5-12(8-9)14-11-6-3-10(13)4-7-11/h3-4,6-7,9,12,14H,2,5,8H2,1H3. The van der Waals surface area contributed by atoms with Gasteiger partial charge in [0.2, 0.25) is 0 Å². The number of benzene rings is 1. The van der Waals surface area contributed by atoms with Gasteiger partial charge in [0, 0.05) is 15.3 Å². The van der Waals surface area contributed by atoms with E-state index in [2.05, 4.69) is 59.1 Å². The van der Waals surface area contributed by atoms with Crippen molar-refractivity contribution < 1.29 is 0 Å². The van der Waals surface area contributed by atoms with E-state index in [1.165, 1.54) is 28.5 Å². The number of halogens is 1. The zero-order chi connectivity index (χ0) is 9.97. The van der Waals surface area contributed by atoms with Gasteiger partial charge in [0.15, 0.2) is 0 Å². The lowest BCUT2D eigenvalue weighted by atomic mass is 10.1. The maximum atomic E-state index is 3.60. The Morgan fingerprint density at radius 2 is 1.93 bits per heavy atom. The van der Waals surface area contributed by atoms with Crippen LogP contribution in [0.25, 0.3) is 0 Å². The van der Waals surface area contributed by atoms with Crippen LogP contribution >= 0.6 is 22.6 Å². The van der Waals surface area contributed by atoms with Crippen molar-refractivity contribution in [2.24, 2.45) is 5.92 Å². The third kappa shape index (κ3) is 2.62. The fourth-order valence-corrected chi connectivity index (χ4v) is 2.48. The Balaban J connectivity index is 1.94. The van der Waals surface area contributed by atoms with Gasteiger partial charge in [-0.15, -0.1) is 0 Å². The molecule has 0 saturated heterocycles. The smallest absolute Gasteiger partial charge is 0.0343 e. The van der Waals surface area contributed by atoms with E-state index in [0.717, 1.165) is 5.92 Å². The fourth-order valence-electron chi connectivity index (χ4n) is 2.12. The molecule has 2 unspecified atom stereocenters. The molecule has 1 N–H and O–H groups in total. The molecule has 0 aromatic heterocycles. The fraction of sp³-hybridized carbons (Fsp3) is 0.500. The van der Waals surface area contributed by atoms with E-state index in [4.69, 9.17) is 0 Å². The lowest BCUT2D eigenvalue weighted by Crippen LogP contribution is -2.14. The highest BCUT2D eigenvalue weighted by atomic mass is 127. The lowest BCUT2D eigenvalue weighted by molar-refractivity contribution is 0.602. The zero-order valence-corrected chi connectivity index (χ0v) is 10.6. The summed E-state index contributed by atoms with van der Waals surface area (Å²) in [6, 6.07) is 9.35. The minimum absolute atomic E-state index is 0.699. The number of hydrogen-bond donors (Lipinski definition) is 1. The largest absolute Gasteiger partial charge is 0.382 e. The van der Waals surface area contributed by atoms with Gasteiger partial charge in [-0.3, -0.25) is 0 Å². The van der Waals surface area contributed by atoms with Gasteiger partial charge in [-0.2, -0.15) is 0 Å². The second kappa shape index (κ2) is 4.51. The molecule has 0 bridgehead atoms. The first kappa shape index (κ1) is 10.3. The predicted molar refractivity (Wildman–Crippen MR) is 69.6 cm³/mol. The van der Waals surface area contributed by atoms with E-state index >= 15 is 0 Å². The van der Waals surface area contributed by atoms with E-state index < -0.39 is 0 Å². The van der Waals surface area contributed by atoms with Crippen LogP contribution in [0.15, 0.2) is 24.3 Å². The lowest BCUT2D eigenvalue weighted by Gasteiger charge is -2.13. The van der Waals surface area contributed by atoms with Crippen LogP contribution in [0.2, 0.25) is 0 Å². The summed E-state index contributed by atoms with van der Waals surface area (Å²) in [7, 11) is 0. The van der Waals surface area contributed by atoms with Crippen molar-refractivity contribution in [3.8, 4) is 0 Å². The molecule has 0 amide bonds. The van der Waals surface area contributed by atoms with Gasteiger partial charge in [-0.05, 0) is 72.0 Å². The van der Waals surface area contributed by atoms with Crippen LogP contribution < -0.4 is 5.32 Å². The molecule has 1 aromatic carbocycles. The first-order valence-electron chi connectivity index (χ1n) is 5.26. The Hall–Kier alpha value is -0.250. The highest BCUT2D eigenvalue weighted by Crippen LogP contribution is 2.27. The Labute approximate surface area is 99.4 Å². The van der Waals surface area contributed by atoms with Gasteiger partial charge < -0.3 is 5.32 Å². The maximum absolute atomic E-state index is 3.60. The van der Waals surface area contributed by atoms with Gasteiger partial charge in [0.05, 0.1) is 0 Å². The summed E-state index contributed by atoms with van der Waals surface area (Å²) in [4.78, 5) is 0. The Kier molecular flexibility index (Phi) is 3.31. The molecular weight excluding hydrogens is 285 g/mol. The molecule has 2 rings (SSSR count). The summed E-state index contributed by atoms with van der Waals surface area (Å²) in [5, 5.41) is 3.60. The van der Waals surface area contributed by atoms with Crippen molar-refractivity contribution >= 4 is 28.3 Å². The first-order valence-corrected chi connectivity index (χ1v) is 6.34. The van der Waals surface area contributed by atoms with Crippen LogP contribution in [-0.4, -0.2) is 6.04 Å². The topological polar surface area (TPSA) is 12.0 Å². The average molecular weight is 301 g/mol. The third-order valence-electron chi connectivity index (χ3n) is 2.91. The molecule has 2 heteroatoms. The molecule has 1 saturated carbocycles. The second-order valence-corrected chi connectivity index (χ2v) is 5.51. The highest BCUT2D eigenvalue weighted by molar-refractivity contribution is 14.1. The van der Waals surface area contributed by atoms with Crippen LogP contribution in [-0.2, 0) is 0 Å². The molecule has 76 valence electrons. The van der Waals surface area contributed by atoms with Crippen molar-refractivity contribution in [3.63, 3.8) is 0 Å². The first-order chi connectivity index (χ1) is 6.74. The minimum Gasteiger partial charge on any atom is -0.382 e. The van der Waals surface area contributed by atoms with E-state index in [0.29, 0.717) is 6.04 Å². The monoisotopic (exact) mass is 301 g/mol. The van der Waals surface area contributed by atoms with Crippen molar-refractivity contribution in [3.05, 3.63) is 27.8 Å². The average Bonchev–Trinajstić information content (AvgIpc) is 2.56. The molecule has 1 aromatic rings. The summed E-state index contributed by atoms with van der Waals surface area (Å²) in [6.07, 6.45) is 4.03. The van der Waals surface area contributed by atoms with Crippen molar-refractivity contribution in [1.82, 2.24) is 0 Å². The predicted octanol–water partition coefficient (Wildman–Crippen LogP) is 3.89. The van der Waals surface area contributed by atoms with E-state index in [9.17, 15) is 0 Å². The van der Waals surface area contributed by atoms with Crippen LogP contribution in [0.4, 0.5) is 5.69 Å². The van der Waals surface area contributed by atoms with Crippen LogP contribution in [0.1, 0.15) is 26.2 Å². The summed E-state index contributed by atoms with van der Waals surface area (Å²) < 4.78 is 1.30. The summed E-state index contributed by atoms with van der Waals surface area (Å²) >= 11 is 2.34. The molecule has 1 aliphatic rings. The molecule has 2 atom stereocenters. The van der Waals surface area contributed by atoms with Crippen molar-refractivity contribution in [2.75, 3.05) is 5.32 Å². The molecule has 0 spiro atoms. The second-order valence-electron chi connectivity index (χ2n) is 4.27. The number of rotatable bonds is 2. The number of anilines is 1. The van der Waals surface area contributed by atoms with Crippen molar-refractivity contribution in [1.29, 1.82) is 0 Å².